The van der Waals surface area contributed by atoms with Gasteiger partial charge in [0, 0.05) is 10.9 Å². The lowest BCUT2D eigenvalue weighted by atomic mass is 9.98. The molecule has 1 aliphatic carbocycles. The van der Waals surface area contributed by atoms with Gasteiger partial charge < -0.3 is 0 Å². The Morgan fingerprint density at radius 2 is 2.11 bits per heavy atom. The number of benzene rings is 1. The third-order valence-electron chi connectivity index (χ3n) is 3.25. The quantitative estimate of drug-likeness (QED) is 0.610. The minimum Gasteiger partial charge on any atom is -0.297 e. The van der Waals surface area contributed by atoms with Crippen LogP contribution in [0.1, 0.15) is 32.6 Å². The highest BCUT2D eigenvalue weighted by atomic mass is 32.2. The molecule has 1 aromatic rings. The van der Waals surface area contributed by atoms with Crippen molar-refractivity contribution in [2.75, 3.05) is 5.75 Å². The first-order valence-electron chi connectivity index (χ1n) is 6.69. The van der Waals surface area contributed by atoms with Crippen LogP contribution in [0.3, 0.4) is 0 Å². The number of thioether (sulfide) groups is 1. The summed E-state index contributed by atoms with van der Waals surface area (Å²) < 4.78 is 12.8. The van der Waals surface area contributed by atoms with E-state index in [1.165, 1.54) is 25.0 Å². The van der Waals surface area contributed by atoms with Gasteiger partial charge in [0.1, 0.15) is 11.4 Å². The van der Waals surface area contributed by atoms with Crippen molar-refractivity contribution < 1.29 is 4.39 Å². The van der Waals surface area contributed by atoms with Gasteiger partial charge in [0.15, 0.2) is 0 Å². The lowest BCUT2D eigenvalue weighted by Crippen LogP contribution is -2.42. The normalized spacial score (nSPS) is 17.7. The molecule has 0 heterocycles. The molecule has 0 aromatic heterocycles. The molecule has 19 heavy (non-hydrogen) atoms. The molecule has 2 nitrogen and oxygen atoms in total. The van der Waals surface area contributed by atoms with Crippen molar-refractivity contribution in [2.45, 2.75) is 49.1 Å². The summed E-state index contributed by atoms with van der Waals surface area (Å²) in [6.45, 7) is 1.98. The summed E-state index contributed by atoms with van der Waals surface area (Å²) in [5.41, 5.74) is -0.398. The monoisotopic (exact) mass is 278 g/mol. The molecule has 0 radical (unpaired) electrons. The molecule has 0 saturated heterocycles. The maximum absolute atomic E-state index is 12.8. The lowest BCUT2D eigenvalue weighted by Gasteiger charge is -2.23. The molecular formula is C15H19FN2S. The number of rotatable bonds is 7. The largest absolute Gasteiger partial charge is 0.297 e. The Bertz CT molecular complexity index is 450. The zero-order valence-corrected chi connectivity index (χ0v) is 12.0. The van der Waals surface area contributed by atoms with Crippen molar-refractivity contribution in [3.8, 4) is 6.07 Å². The summed E-state index contributed by atoms with van der Waals surface area (Å²) in [6.07, 6.45) is 4.23. The zero-order valence-electron chi connectivity index (χ0n) is 11.2. The van der Waals surface area contributed by atoms with Crippen molar-refractivity contribution in [1.29, 1.82) is 5.26 Å². The summed E-state index contributed by atoms with van der Waals surface area (Å²) in [5, 5.41) is 12.7. The number of hydrogen-bond acceptors (Lipinski definition) is 3. The molecule has 1 aliphatic rings. The smallest absolute Gasteiger partial charge is 0.123 e. The van der Waals surface area contributed by atoms with Crippen LogP contribution in [-0.2, 0) is 0 Å². The molecule has 2 rings (SSSR count). The van der Waals surface area contributed by atoms with Crippen LogP contribution in [0.5, 0.6) is 0 Å². The molecule has 0 bridgehead atoms. The molecule has 1 aromatic carbocycles. The lowest BCUT2D eigenvalue weighted by molar-refractivity contribution is 0.412. The molecule has 1 atom stereocenters. The van der Waals surface area contributed by atoms with E-state index < -0.39 is 5.54 Å². The fraction of sp³-hybridized carbons (Fsp3) is 0.533. The highest BCUT2D eigenvalue weighted by Crippen LogP contribution is 2.26. The van der Waals surface area contributed by atoms with Gasteiger partial charge >= 0.3 is 0 Å². The molecule has 1 unspecified atom stereocenters. The van der Waals surface area contributed by atoms with Crippen LogP contribution in [0.15, 0.2) is 29.2 Å². The Morgan fingerprint density at radius 1 is 1.42 bits per heavy atom. The fourth-order valence-corrected chi connectivity index (χ4v) is 2.84. The van der Waals surface area contributed by atoms with Gasteiger partial charge in [-0.25, -0.2) is 4.39 Å². The number of halogens is 1. The summed E-state index contributed by atoms with van der Waals surface area (Å²) in [7, 11) is 0. The van der Waals surface area contributed by atoms with E-state index in [1.54, 1.807) is 23.9 Å². The topological polar surface area (TPSA) is 35.8 Å². The van der Waals surface area contributed by atoms with Crippen LogP contribution in [0, 0.1) is 17.1 Å². The highest BCUT2D eigenvalue weighted by Gasteiger charge is 2.31. The fourth-order valence-electron chi connectivity index (χ4n) is 1.99. The molecule has 4 heteroatoms. The van der Waals surface area contributed by atoms with Crippen molar-refractivity contribution in [3.63, 3.8) is 0 Å². The van der Waals surface area contributed by atoms with E-state index in [4.69, 9.17) is 0 Å². The minimum absolute atomic E-state index is 0.199. The number of nitrogens with one attached hydrogen (secondary N) is 1. The van der Waals surface area contributed by atoms with E-state index in [1.807, 2.05) is 6.92 Å². The summed E-state index contributed by atoms with van der Waals surface area (Å²) in [6, 6.07) is 9.50. The van der Waals surface area contributed by atoms with Gasteiger partial charge in [-0.15, -0.1) is 11.8 Å². The average Bonchev–Trinajstić information content (AvgIpc) is 3.21. The predicted octanol–water partition coefficient (Wildman–Crippen LogP) is 3.73. The van der Waals surface area contributed by atoms with Crippen LogP contribution in [-0.4, -0.2) is 17.3 Å². The van der Waals surface area contributed by atoms with Gasteiger partial charge in [0.2, 0.25) is 0 Å². The highest BCUT2D eigenvalue weighted by molar-refractivity contribution is 7.99. The molecular weight excluding hydrogens is 259 g/mol. The Hall–Kier alpha value is -1.05. The van der Waals surface area contributed by atoms with Gasteiger partial charge in [-0.3, -0.25) is 5.32 Å². The van der Waals surface area contributed by atoms with E-state index in [-0.39, 0.29) is 5.82 Å². The van der Waals surface area contributed by atoms with Crippen molar-refractivity contribution in [2.24, 2.45) is 0 Å². The van der Waals surface area contributed by atoms with Gasteiger partial charge in [-0.1, -0.05) is 0 Å². The summed E-state index contributed by atoms with van der Waals surface area (Å²) in [5.74, 6) is 0.755. The molecule has 0 spiro atoms. The maximum Gasteiger partial charge on any atom is 0.123 e. The van der Waals surface area contributed by atoms with E-state index in [0.29, 0.717) is 6.04 Å². The maximum atomic E-state index is 12.8. The second-order valence-electron chi connectivity index (χ2n) is 5.27. The van der Waals surface area contributed by atoms with Gasteiger partial charge in [0.25, 0.3) is 0 Å². The second-order valence-corrected chi connectivity index (χ2v) is 6.44. The third-order valence-corrected chi connectivity index (χ3v) is 4.35. The minimum atomic E-state index is -0.398. The van der Waals surface area contributed by atoms with E-state index in [2.05, 4.69) is 11.4 Å². The van der Waals surface area contributed by atoms with Crippen LogP contribution in [0.25, 0.3) is 0 Å². The standard InChI is InChI=1S/C15H19FN2S/c1-15(11-17,18-13-5-6-13)9-2-10-19-14-7-3-12(16)4-8-14/h3-4,7-8,13,18H,2,5-6,9-10H2,1H3. The molecule has 0 amide bonds. The second kappa shape index (κ2) is 6.40. The molecule has 0 aliphatic heterocycles. The molecule has 102 valence electrons. The third kappa shape index (κ3) is 4.85. The van der Waals surface area contributed by atoms with Crippen molar-refractivity contribution in [3.05, 3.63) is 30.1 Å². The Labute approximate surface area is 118 Å². The van der Waals surface area contributed by atoms with Crippen LogP contribution >= 0.6 is 11.8 Å². The average molecular weight is 278 g/mol. The molecule has 1 fully saturated rings. The van der Waals surface area contributed by atoms with Crippen LogP contribution < -0.4 is 5.32 Å². The van der Waals surface area contributed by atoms with Gasteiger partial charge in [-0.05, 0) is 62.6 Å². The van der Waals surface area contributed by atoms with Crippen LogP contribution in [0.2, 0.25) is 0 Å². The first-order chi connectivity index (χ1) is 9.11. The van der Waals surface area contributed by atoms with Crippen molar-refractivity contribution >= 4 is 11.8 Å². The zero-order chi connectivity index (χ0) is 13.7. The Morgan fingerprint density at radius 3 is 2.68 bits per heavy atom. The summed E-state index contributed by atoms with van der Waals surface area (Å²) in [4.78, 5) is 1.08. The number of nitrogens with zero attached hydrogens (tertiary/aromatic N) is 1. The number of hydrogen-bond donors (Lipinski definition) is 1. The SMILES string of the molecule is CC(C#N)(CCCSc1ccc(F)cc1)NC1CC1. The van der Waals surface area contributed by atoms with Crippen LogP contribution in [0.4, 0.5) is 4.39 Å². The van der Waals surface area contributed by atoms with E-state index in [9.17, 15) is 9.65 Å². The van der Waals surface area contributed by atoms with Gasteiger partial charge in [-0.2, -0.15) is 5.26 Å². The Kier molecular flexibility index (Phi) is 4.84. The molecule has 1 N–H and O–H groups in total. The number of nitriles is 1. The van der Waals surface area contributed by atoms with E-state index in [0.717, 1.165) is 23.5 Å². The summed E-state index contributed by atoms with van der Waals surface area (Å²) >= 11 is 1.71. The first kappa shape index (κ1) is 14.4. The van der Waals surface area contributed by atoms with Crippen molar-refractivity contribution in [1.82, 2.24) is 5.32 Å². The van der Waals surface area contributed by atoms with E-state index >= 15 is 0 Å². The first-order valence-corrected chi connectivity index (χ1v) is 7.67. The van der Waals surface area contributed by atoms with Gasteiger partial charge in [0.05, 0.1) is 6.07 Å². The Balaban J connectivity index is 1.70. The molecule has 1 saturated carbocycles. The predicted molar refractivity (Wildman–Crippen MR) is 76.5 cm³/mol.